The van der Waals surface area contributed by atoms with Crippen molar-refractivity contribution in [3.63, 3.8) is 0 Å². The van der Waals surface area contributed by atoms with Gasteiger partial charge in [0, 0.05) is 58.6 Å². The molecule has 0 spiro atoms. The van der Waals surface area contributed by atoms with Crippen molar-refractivity contribution in [3.8, 4) is 0 Å². The molecule has 1 saturated heterocycles. The molecular formula is C25H23ClN4O2. The number of morpholine rings is 1. The number of aldehydes is 1. The minimum atomic E-state index is -0.500. The number of pyridine rings is 1. The third kappa shape index (κ3) is 3.95. The Morgan fingerprint density at radius 3 is 2.59 bits per heavy atom. The number of nitrogens with one attached hydrogen (secondary N) is 2. The van der Waals surface area contributed by atoms with E-state index in [4.69, 9.17) is 16.3 Å². The molecule has 2 aliphatic rings. The van der Waals surface area contributed by atoms with Crippen molar-refractivity contribution in [1.82, 2.24) is 10.3 Å². The molecule has 7 heteroatoms. The van der Waals surface area contributed by atoms with Gasteiger partial charge in [0.25, 0.3) is 0 Å². The molecule has 2 N–H and O–H groups in total. The first-order valence-corrected chi connectivity index (χ1v) is 11.0. The van der Waals surface area contributed by atoms with E-state index in [-0.39, 0.29) is 0 Å². The molecule has 32 heavy (non-hydrogen) atoms. The Kier molecular flexibility index (Phi) is 5.79. The average Bonchev–Trinajstić information content (AvgIpc) is 2.85. The van der Waals surface area contributed by atoms with Gasteiger partial charge >= 0.3 is 0 Å². The van der Waals surface area contributed by atoms with Crippen LogP contribution in [-0.2, 0) is 9.53 Å². The molecule has 6 nitrogen and oxygen atoms in total. The lowest BCUT2D eigenvalue weighted by Crippen LogP contribution is -2.36. The molecule has 1 aromatic heterocycles. The fourth-order valence-electron chi connectivity index (χ4n) is 4.18. The fourth-order valence-corrected chi connectivity index (χ4v) is 4.42. The zero-order valence-corrected chi connectivity index (χ0v) is 18.2. The summed E-state index contributed by atoms with van der Waals surface area (Å²) in [4.78, 5) is 18.7. The van der Waals surface area contributed by atoms with Gasteiger partial charge in [-0.2, -0.15) is 0 Å². The molecule has 0 aliphatic carbocycles. The molecule has 1 fully saturated rings. The number of aromatic nitrogens is 1. The molecule has 0 saturated carbocycles. The highest BCUT2D eigenvalue weighted by molar-refractivity contribution is 6.32. The molecule has 1 unspecified atom stereocenters. The normalized spacial score (nSPS) is 17.7. The van der Waals surface area contributed by atoms with E-state index in [1.165, 1.54) is 5.69 Å². The SMILES string of the molecule is O=CC1NC=C(c2ccccc2Cl)c2ccnc(Nc3ccc(N4CCOCC4)cc3)c21. The van der Waals surface area contributed by atoms with Crippen molar-refractivity contribution in [3.05, 3.63) is 88.7 Å². The number of halogens is 1. The summed E-state index contributed by atoms with van der Waals surface area (Å²) in [7, 11) is 0. The molecule has 1 atom stereocenters. The quantitative estimate of drug-likeness (QED) is 0.560. The van der Waals surface area contributed by atoms with Crippen LogP contribution in [0.1, 0.15) is 22.7 Å². The molecular weight excluding hydrogens is 424 g/mol. The first-order valence-electron chi connectivity index (χ1n) is 10.6. The first kappa shape index (κ1) is 20.5. The summed E-state index contributed by atoms with van der Waals surface area (Å²) < 4.78 is 5.44. The van der Waals surface area contributed by atoms with Crippen LogP contribution in [0.15, 0.2) is 67.0 Å². The van der Waals surface area contributed by atoms with E-state index < -0.39 is 6.04 Å². The highest BCUT2D eigenvalue weighted by atomic mass is 35.5. The minimum Gasteiger partial charge on any atom is -0.378 e. The number of anilines is 3. The van der Waals surface area contributed by atoms with Crippen molar-refractivity contribution >= 4 is 40.7 Å². The van der Waals surface area contributed by atoms with Gasteiger partial charge in [-0.15, -0.1) is 0 Å². The van der Waals surface area contributed by atoms with Gasteiger partial charge < -0.3 is 25.1 Å². The van der Waals surface area contributed by atoms with Gasteiger partial charge in [0.2, 0.25) is 0 Å². The second-order valence-corrected chi connectivity index (χ2v) is 8.12. The number of carbonyl (C=O) groups is 1. The summed E-state index contributed by atoms with van der Waals surface area (Å²) in [5, 5.41) is 7.25. The van der Waals surface area contributed by atoms with E-state index in [1.807, 2.05) is 48.7 Å². The van der Waals surface area contributed by atoms with Gasteiger partial charge in [0.05, 0.1) is 13.2 Å². The van der Waals surface area contributed by atoms with Crippen LogP contribution in [0.4, 0.5) is 17.2 Å². The van der Waals surface area contributed by atoms with Gasteiger partial charge in [-0.1, -0.05) is 29.8 Å². The van der Waals surface area contributed by atoms with Gasteiger partial charge in [-0.05, 0) is 42.0 Å². The Labute approximate surface area is 191 Å². The van der Waals surface area contributed by atoms with E-state index >= 15 is 0 Å². The van der Waals surface area contributed by atoms with Crippen LogP contribution in [0.3, 0.4) is 0 Å². The van der Waals surface area contributed by atoms with E-state index in [9.17, 15) is 4.79 Å². The van der Waals surface area contributed by atoms with Crippen molar-refractivity contribution in [2.24, 2.45) is 0 Å². The van der Waals surface area contributed by atoms with Crippen molar-refractivity contribution in [2.45, 2.75) is 6.04 Å². The summed E-state index contributed by atoms with van der Waals surface area (Å²) in [6, 6.07) is 17.3. The van der Waals surface area contributed by atoms with E-state index in [0.717, 1.165) is 60.5 Å². The Morgan fingerprint density at radius 2 is 1.84 bits per heavy atom. The number of fused-ring (bicyclic) bond motifs is 1. The van der Waals surface area contributed by atoms with E-state index in [2.05, 4.69) is 32.7 Å². The summed E-state index contributed by atoms with van der Waals surface area (Å²) in [6.45, 7) is 3.29. The second-order valence-electron chi connectivity index (χ2n) is 7.71. The maximum atomic E-state index is 11.9. The fraction of sp³-hybridized carbons (Fsp3) is 0.200. The number of benzene rings is 2. The van der Waals surface area contributed by atoms with Crippen LogP contribution >= 0.6 is 11.6 Å². The summed E-state index contributed by atoms with van der Waals surface area (Å²) in [5.74, 6) is 0.642. The summed E-state index contributed by atoms with van der Waals surface area (Å²) in [5.41, 5.74) is 5.63. The Balaban J connectivity index is 1.47. The molecule has 2 aromatic carbocycles. The maximum absolute atomic E-state index is 11.9. The largest absolute Gasteiger partial charge is 0.378 e. The number of hydrogen-bond donors (Lipinski definition) is 2. The lowest BCUT2D eigenvalue weighted by molar-refractivity contribution is -0.109. The molecule has 0 amide bonds. The first-order chi connectivity index (χ1) is 15.7. The smallest absolute Gasteiger partial charge is 0.146 e. The Hall–Kier alpha value is -3.35. The van der Waals surface area contributed by atoms with E-state index in [1.54, 1.807) is 6.20 Å². The number of carbonyl (C=O) groups excluding carboxylic acids is 1. The third-order valence-electron chi connectivity index (χ3n) is 5.80. The molecule has 5 rings (SSSR count). The molecule has 0 radical (unpaired) electrons. The summed E-state index contributed by atoms with van der Waals surface area (Å²) in [6.07, 6.45) is 4.50. The lowest BCUT2D eigenvalue weighted by atomic mass is 9.89. The monoisotopic (exact) mass is 446 g/mol. The van der Waals surface area contributed by atoms with Crippen LogP contribution in [-0.4, -0.2) is 37.6 Å². The van der Waals surface area contributed by atoms with Crippen molar-refractivity contribution in [2.75, 3.05) is 36.5 Å². The van der Waals surface area contributed by atoms with Crippen LogP contribution in [0.5, 0.6) is 0 Å². The molecule has 3 aromatic rings. The zero-order valence-electron chi connectivity index (χ0n) is 17.4. The molecule has 0 bridgehead atoms. The average molecular weight is 447 g/mol. The molecule has 162 valence electrons. The standard InChI is InChI=1S/C25H23ClN4O2/c26-22-4-2-1-3-19(22)21-15-28-23(16-31)24-20(21)9-10-27-25(24)29-17-5-7-18(8-6-17)30-11-13-32-14-12-30/h1-10,15-16,23,28H,11-14H2,(H,27,29). The lowest BCUT2D eigenvalue weighted by Gasteiger charge is -2.29. The Bertz CT molecular complexity index is 1160. The zero-order chi connectivity index (χ0) is 21.9. The van der Waals surface area contributed by atoms with Crippen LogP contribution in [0, 0.1) is 0 Å². The number of ether oxygens (including phenoxy) is 1. The van der Waals surface area contributed by atoms with Crippen LogP contribution in [0.2, 0.25) is 5.02 Å². The van der Waals surface area contributed by atoms with Crippen molar-refractivity contribution < 1.29 is 9.53 Å². The molecule has 2 aliphatic heterocycles. The number of rotatable bonds is 5. The Morgan fingerprint density at radius 1 is 1.06 bits per heavy atom. The van der Waals surface area contributed by atoms with Gasteiger partial charge in [-0.25, -0.2) is 4.98 Å². The topological polar surface area (TPSA) is 66.5 Å². The highest BCUT2D eigenvalue weighted by Gasteiger charge is 2.26. The van der Waals surface area contributed by atoms with Gasteiger partial charge in [0.1, 0.15) is 18.1 Å². The molecule has 3 heterocycles. The predicted octanol–water partition coefficient (Wildman–Crippen LogP) is 4.55. The van der Waals surface area contributed by atoms with Gasteiger partial charge in [0.15, 0.2) is 0 Å². The number of nitrogens with zero attached hydrogens (tertiary/aromatic N) is 2. The van der Waals surface area contributed by atoms with Crippen molar-refractivity contribution in [1.29, 1.82) is 0 Å². The highest BCUT2D eigenvalue weighted by Crippen LogP contribution is 2.38. The van der Waals surface area contributed by atoms with Crippen LogP contribution < -0.4 is 15.5 Å². The van der Waals surface area contributed by atoms with E-state index in [0.29, 0.717) is 10.8 Å². The predicted molar refractivity (Wildman–Crippen MR) is 127 cm³/mol. The third-order valence-corrected chi connectivity index (χ3v) is 6.13. The maximum Gasteiger partial charge on any atom is 0.146 e. The van der Waals surface area contributed by atoms with Gasteiger partial charge in [-0.3, -0.25) is 0 Å². The summed E-state index contributed by atoms with van der Waals surface area (Å²) >= 11 is 6.46. The second kappa shape index (κ2) is 9.02. The minimum absolute atomic E-state index is 0.500. The number of hydrogen-bond acceptors (Lipinski definition) is 6. The van der Waals surface area contributed by atoms with Crippen LogP contribution in [0.25, 0.3) is 5.57 Å².